The minimum atomic E-state index is -0.306. The summed E-state index contributed by atoms with van der Waals surface area (Å²) >= 11 is 0. The lowest BCUT2D eigenvalue weighted by molar-refractivity contribution is 0.0946. The van der Waals surface area contributed by atoms with E-state index in [2.05, 4.69) is 30.9 Å². The molecule has 2 heterocycles. The first kappa shape index (κ1) is 11.0. The molecule has 0 spiro atoms. The maximum absolute atomic E-state index is 11.8. The summed E-state index contributed by atoms with van der Waals surface area (Å²) in [6, 6.07) is 3.28. The Morgan fingerprint density at radius 2 is 2.47 bits per heavy atom. The lowest BCUT2D eigenvalue weighted by Gasteiger charge is -2.06. The molecule has 0 bridgehead atoms. The Balaban J connectivity index is 2.04. The van der Waals surface area contributed by atoms with Crippen molar-refractivity contribution in [3.63, 3.8) is 0 Å². The average molecular weight is 234 g/mol. The Kier molecular flexibility index (Phi) is 3.24. The van der Waals surface area contributed by atoms with E-state index in [1.54, 1.807) is 18.3 Å². The smallest absolute Gasteiger partial charge is 0.257 e. The molecular weight excluding hydrogens is 224 g/mol. The van der Waals surface area contributed by atoms with Crippen LogP contribution in [-0.4, -0.2) is 38.6 Å². The van der Waals surface area contributed by atoms with Gasteiger partial charge in [-0.3, -0.25) is 4.79 Å². The van der Waals surface area contributed by atoms with Gasteiger partial charge in [0.05, 0.1) is 13.7 Å². The molecule has 0 atom stereocenters. The molecule has 8 nitrogen and oxygen atoms in total. The van der Waals surface area contributed by atoms with Crippen LogP contribution >= 0.6 is 0 Å². The van der Waals surface area contributed by atoms with E-state index >= 15 is 0 Å². The number of carbonyl (C=O) groups is 1. The van der Waals surface area contributed by atoms with Gasteiger partial charge in [0.1, 0.15) is 5.56 Å². The highest BCUT2D eigenvalue weighted by atomic mass is 16.5. The topological polar surface area (TPSA) is 106 Å². The maximum Gasteiger partial charge on any atom is 0.257 e. The Morgan fingerprint density at radius 3 is 3.18 bits per heavy atom. The highest BCUT2D eigenvalue weighted by molar-refractivity contribution is 5.96. The van der Waals surface area contributed by atoms with Crippen molar-refractivity contribution in [3.8, 4) is 5.88 Å². The van der Waals surface area contributed by atoms with Crippen LogP contribution in [0.3, 0.4) is 0 Å². The van der Waals surface area contributed by atoms with E-state index in [-0.39, 0.29) is 18.3 Å². The Hall–Kier alpha value is -2.51. The molecule has 0 aliphatic rings. The predicted octanol–water partition coefficient (Wildman–Crippen LogP) is -0.467. The summed E-state index contributed by atoms with van der Waals surface area (Å²) in [7, 11) is 1.46. The molecule has 0 aliphatic heterocycles. The second-order valence-corrected chi connectivity index (χ2v) is 3.07. The van der Waals surface area contributed by atoms with Crippen molar-refractivity contribution in [2.24, 2.45) is 0 Å². The minimum absolute atomic E-state index is 0.188. The molecule has 0 fully saturated rings. The van der Waals surface area contributed by atoms with Gasteiger partial charge >= 0.3 is 0 Å². The Morgan fingerprint density at radius 1 is 1.59 bits per heavy atom. The number of nitrogens with zero attached hydrogens (tertiary/aromatic N) is 4. The van der Waals surface area contributed by atoms with Crippen LogP contribution in [0.15, 0.2) is 18.3 Å². The van der Waals surface area contributed by atoms with Crippen molar-refractivity contribution >= 4 is 5.91 Å². The fourth-order valence-electron chi connectivity index (χ4n) is 1.24. The number of aromatic amines is 1. The van der Waals surface area contributed by atoms with E-state index in [4.69, 9.17) is 4.74 Å². The van der Waals surface area contributed by atoms with Crippen LogP contribution in [0.5, 0.6) is 5.88 Å². The zero-order chi connectivity index (χ0) is 12.1. The SMILES string of the molecule is COc1ncccc1C(=O)NCc1nn[nH]n1. The third-order valence-electron chi connectivity index (χ3n) is 2.01. The summed E-state index contributed by atoms with van der Waals surface area (Å²) in [5.41, 5.74) is 0.360. The van der Waals surface area contributed by atoms with Crippen molar-refractivity contribution in [1.82, 2.24) is 30.9 Å². The third kappa shape index (κ3) is 2.54. The van der Waals surface area contributed by atoms with Crippen molar-refractivity contribution in [2.45, 2.75) is 6.54 Å². The van der Waals surface area contributed by atoms with Gasteiger partial charge in [0.25, 0.3) is 5.91 Å². The van der Waals surface area contributed by atoms with Gasteiger partial charge in [-0.1, -0.05) is 5.21 Å². The maximum atomic E-state index is 11.8. The van der Waals surface area contributed by atoms with Gasteiger partial charge in [-0.25, -0.2) is 4.98 Å². The average Bonchev–Trinajstić information content (AvgIpc) is 2.89. The summed E-state index contributed by atoms with van der Waals surface area (Å²) in [5, 5.41) is 15.7. The van der Waals surface area contributed by atoms with E-state index in [0.717, 1.165) is 0 Å². The molecule has 0 saturated heterocycles. The van der Waals surface area contributed by atoms with E-state index in [9.17, 15) is 4.79 Å². The molecule has 0 aliphatic carbocycles. The molecule has 1 amide bonds. The number of tetrazole rings is 1. The van der Waals surface area contributed by atoms with Gasteiger partial charge in [-0.05, 0) is 12.1 Å². The molecule has 88 valence electrons. The van der Waals surface area contributed by atoms with Gasteiger partial charge in [0.2, 0.25) is 5.88 Å². The molecule has 0 radical (unpaired) electrons. The van der Waals surface area contributed by atoms with Crippen LogP contribution in [0.2, 0.25) is 0 Å². The quantitative estimate of drug-likeness (QED) is 0.741. The first-order valence-corrected chi connectivity index (χ1v) is 4.81. The number of ether oxygens (including phenoxy) is 1. The van der Waals surface area contributed by atoms with Crippen LogP contribution in [0.4, 0.5) is 0 Å². The zero-order valence-corrected chi connectivity index (χ0v) is 9.04. The summed E-state index contributed by atoms with van der Waals surface area (Å²) in [5.74, 6) is 0.374. The second kappa shape index (κ2) is 5.01. The van der Waals surface area contributed by atoms with E-state index < -0.39 is 0 Å². The van der Waals surface area contributed by atoms with Crippen LogP contribution in [-0.2, 0) is 6.54 Å². The van der Waals surface area contributed by atoms with Crippen molar-refractivity contribution in [2.75, 3.05) is 7.11 Å². The fourth-order valence-corrected chi connectivity index (χ4v) is 1.24. The predicted molar refractivity (Wildman–Crippen MR) is 56.1 cm³/mol. The molecule has 0 unspecified atom stereocenters. The number of hydrogen-bond donors (Lipinski definition) is 2. The van der Waals surface area contributed by atoms with Crippen molar-refractivity contribution in [3.05, 3.63) is 29.7 Å². The highest BCUT2D eigenvalue weighted by Crippen LogP contribution is 2.12. The number of amides is 1. The number of hydrogen-bond acceptors (Lipinski definition) is 6. The molecule has 2 aromatic rings. The zero-order valence-electron chi connectivity index (χ0n) is 9.04. The number of carbonyl (C=O) groups excluding carboxylic acids is 1. The van der Waals surface area contributed by atoms with Crippen molar-refractivity contribution in [1.29, 1.82) is 0 Å². The number of methoxy groups -OCH3 is 1. The lowest BCUT2D eigenvalue weighted by atomic mass is 10.2. The number of nitrogens with one attached hydrogen (secondary N) is 2. The first-order chi connectivity index (χ1) is 8.31. The van der Waals surface area contributed by atoms with Crippen LogP contribution in [0.25, 0.3) is 0 Å². The summed E-state index contributed by atoms with van der Waals surface area (Å²) < 4.78 is 4.98. The number of rotatable bonds is 4. The van der Waals surface area contributed by atoms with E-state index in [0.29, 0.717) is 11.4 Å². The first-order valence-electron chi connectivity index (χ1n) is 4.81. The van der Waals surface area contributed by atoms with Crippen LogP contribution in [0.1, 0.15) is 16.2 Å². The normalized spacial score (nSPS) is 9.94. The molecule has 2 N–H and O–H groups in total. The molecule has 17 heavy (non-hydrogen) atoms. The Labute approximate surface area is 96.4 Å². The molecular formula is C9H10N6O2. The van der Waals surface area contributed by atoms with Gasteiger partial charge < -0.3 is 10.1 Å². The monoisotopic (exact) mass is 234 g/mol. The molecule has 2 rings (SSSR count). The van der Waals surface area contributed by atoms with Gasteiger partial charge in [-0.15, -0.1) is 10.2 Å². The molecule has 8 heteroatoms. The summed E-state index contributed by atoms with van der Waals surface area (Å²) in [6.07, 6.45) is 1.55. The van der Waals surface area contributed by atoms with Gasteiger partial charge in [0, 0.05) is 6.20 Å². The molecule has 0 aromatic carbocycles. The van der Waals surface area contributed by atoms with Gasteiger partial charge in [0.15, 0.2) is 5.82 Å². The standard InChI is InChI=1S/C9H10N6O2/c1-17-9-6(3-2-4-10-9)8(16)11-5-7-12-14-15-13-7/h2-4H,5H2,1H3,(H,11,16)(H,12,13,14,15). The van der Waals surface area contributed by atoms with Crippen LogP contribution < -0.4 is 10.1 Å². The van der Waals surface area contributed by atoms with Crippen LogP contribution in [0, 0.1) is 0 Å². The summed E-state index contributed by atoms with van der Waals surface area (Å²) in [6.45, 7) is 0.188. The lowest BCUT2D eigenvalue weighted by Crippen LogP contribution is -2.24. The fraction of sp³-hybridized carbons (Fsp3) is 0.222. The Bertz CT molecular complexity index is 498. The summed E-state index contributed by atoms with van der Waals surface area (Å²) in [4.78, 5) is 15.7. The minimum Gasteiger partial charge on any atom is -0.480 e. The number of H-pyrrole nitrogens is 1. The van der Waals surface area contributed by atoms with E-state index in [1.165, 1.54) is 7.11 Å². The number of pyridine rings is 1. The molecule has 0 saturated carbocycles. The van der Waals surface area contributed by atoms with Crippen molar-refractivity contribution < 1.29 is 9.53 Å². The number of aromatic nitrogens is 5. The second-order valence-electron chi connectivity index (χ2n) is 3.07. The third-order valence-corrected chi connectivity index (χ3v) is 2.01. The molecule has 2 aromatic heterocycles. The highest BCUT2D eigenvalue weighted by Gasteiger charge is 2.12. The van der Waals surface area contributed by atoms with Gasteiger partial charge in [-0.2, -0.15) is 5.21 Å². The van der Waals surface area contributed by atoms with E-state index in [1.807, 2.05) is 0 Å². The largest absolute Gasteiger partial charge is 0.480 e.